The van der Waals surface area contributed by atoms with Gasteiger partial charge < -0.3 is 15.2 Å². The van der Waals surface area contributed by atoms with Crippen LogP contribution in [-0.4, -0.2) is 25.2 Å². The highest BCUT2D eigenvalue weighted by atomic mass is 16.3. The Bertz CT molecular complexity index is 963. The third-order valence-electron chi connectivity index (χ3n) is 3.94. The maximum absolute atomic E-state index is 10.3. The van der Waals surface area contributed by atoms with Crippen LogP contribution in [-0.2, 0) is 0 Å². The van der Waals surface area contributed by atoms with E-state index in [2.05, 4.69) is 15.0 Å². The number of rotatable bonds is 3. The lowest BCUT2D eigenvalue weighted by molar-refractivity contribution is 0.476. The number of aromatic nitrogens is 3. The summed E-state index contributed by atoms with van der Waals surface area (Å²) in [6.07, 6.45) is 1.69. The van der Waals surface area contributed by atoms with Crippen LogP contribution in [0.3, 0.4) is 0 Å². The van der Waals surface area contributed by atoms with Gasteiger partial charge in [0.05, 0.1) is 5.69 Å². The Morgan fingerprint density at radius 3 is 2.00 bits per heavy atom. The van der Waals surface area contributed by atoms with Crippen molar-refractivity contribution in [1.82, 2.24) is 15.0 Å². The second kappa shape index (κ2) is 6.13. The number of phenolic OH excluding ortho intramolecular Hbond substituents is 2. The van der Waals surface area contributed by atoms with E-state index in [0.717, 1.165) is 0 Å². The molecule has 122 valence electrons. The summed E-state index contributed by atoms with van der Waals surface area (Å²) < 4.78 is 0. The second-order valence-corrected chi connectivity index (χ2v) is 5.56. The Kier molecular flexibility index (Phi) is 3.67. The average molecular weight is 329 g/mol. The maximum Gasteiger partial charge on any atom is 0.157 e. The van der Waals surface area contributed by atoms with Gasteiger partial charge in [0.2, 0.25) is 0 Å². The fourth-order valence-corrected chi connectivity index (χ4v) is 2.75. The molecule has 0 saturated carbocycles. The van der Waals surface area contributed by atoms with Crippen molar-refractivity contribution in [1.29, 1.82) is 0 Å². The Hall–Kier alpha value is -3.60. The molecule has 2 aromatic carbocycles. The fraction of sp³-hybridized carbons (Fsp3) is 0. The van der Waals surface area contributed by atoms with Gasteiger partial charge in [0.15, 0.2) is 5.82 Å². The molecule has 0 saturated heterocycles. The highest BCUT2D eigenvalue weighted by Crippen LogP contribution is 2.39. The van der Waals surface area contributed by atoms with Crippen LogP contribution in [0.15, 0.2) is 72.9 Å². The zero-order valence-electron chi connectivity index (χ0n) is 13.2. The van der Waals surface area contributed by atoms with E-state index in [1.165, 1.54) is 0 Å². The van der Waals surface area contributed by atoms with Crippen molar-refractivity contribution in [2.75, 3.05) is 0 Å². The lowest BCUT2D eigenvalue weighted by atomic mass is 10.0. The van der Waals surface area contributed by atoms with Gasteiger partial charge >= 0.3 is 0 Å². The lowest BCUT2D eigenvalue weighted by Gasteiger charge is -2.06. The van der Waals surface area contributed by atoms with Crippen LogP contribution in [0.5, 0.6) is 11.5 Å². The van der Waals surface area contributed by atoms with Gasteiger partial charge in [-0.1, -0.05) is 30.3 Å². The number of pyridine rings is 1. The molecule has 4 rings (SSSR count). The van der Waals surface area contributed by atoms with Gasteiger partial charge in [-0.05, 0) is 36.4 Å². The Labute approximate surface area is 144 Å². The van der Waals surface area contributed by atoms with Crippen LogP contribution in [0.2, 0.25) is 0 Å². The van der Waals surface area contributed by atoms with E-state index in [-0.39, 0.29) is 11.5 Å². The first kappa shape index (κ1) is 15.0. The molecule has 0 bridgehead atoms. The second-order valence-electron chi connectivity index (χ2n) is 5.56. The molecule has 0 aliphatic heterocycles. The van der Waals surface area contributed by atoms with Crippen molar-refractivity contribution in [3.05, 3.63) is 72.9 Å². The predicted molar refractivity (Wildman–Crippen MR) is 96.0 cm³/mol. The van der Waals surface area contributed by atoms with Crippen LogP contribution in [0.4, 0.5) is 0 Å². The summed E-state index contributed by atoms with van der Waals surface area (Å²) >= 11 is 0. The number of aromatic hydroxyl groups is 2. The number of hydrogen-bond acceptors (Lipinski definition) is 4. The van der Waals surface area contributed by atoms with Crippen molar-refractivity contribution in [2.24, 2.45) is 0 Å². The van der Waals surface area contributed by atoms with Crippen LogP contribution < -0.4 is 0 Å². The summed E-state index contributed by atoms with van der Waals surface area (Å²) in [6.45, 7) is 0. The molecule has 25 heavy (non-hydrogen) atoms. The highest BCUT2D eigenvalue weighted by Gasteiger charge is 2.19. The standard InChI is InChI=1S/C20H15N3O2/c24-16-10-3-1-7-13(16)18-19(14-8-2-4-11-17(14)25)23-20(22-18)15-9-5-6-12-21-15/h1-12,24-25H,(H,22,23). The van der Waals surface area contributed by atoms with Crippen molar-refractivity contribution in [3.63, 3.8) is 0 Å². The van der Waals surface area contributed by atoms with Crippen molar-refractivity contribution in [3.8, 4) is 45.5 Å². The number of nitrogens with one attached hydrogen (secondary N) is 1. The fourth-order valence-electron chi connectivity index (χ4n) is 2.75. The van der Waals surface area contributed by atoms with Crippen LogP contribution in [0.1, 0.15) is 0 Å². The summed E-state index contributed by atoms with van der Waals surface area (Å²) in [5, 5.41) is 20.5. The quantitative estimate of drug-likeness (QED) is 0.526. The molecule has 5 heteroatoms. The summed E-state index contributed by atoms with van der Waals surface area (Å²) in [4.78, 5) is 12.2. The molecular formula is C20H15N3O2. The van der Waals surface area contributed by atoms with Gasteiger partial charge in [0.25, 0.3) is 0 Å². The summed E-state index contributed by atoms with van der Waals surface area (Å²) in [6, 6.07) is 19.6. The maximum atomic E-state index is 10.3. The zero-order chi connectivity index (χ0) is 17.2. The highest BCUT2D eigenvalue weighted by molar-refractivity contribution is 5.85. The molecule has 2 heterocycles. The van der Waals surface area contributed by atoms with E-state index >= 15 is 0 Å². The first-order valence-electron chi connectivity index (χ1n) is 7.82. The third-order valence-corrected chi connectivity index (χ3v) is 3.94. The number of imidazole rings is 1. The van der Waals surface area contributed by atoms with E-state index < -0.39 is 0 Å². The largest absolute Gasteiger partial charge is 0.507 e. The summed E-state index contributed by atoms with van der Waals surface area (Å²) in [5.41, 5.74) is 3.05. The summed E-state index contributed by atoms with van der Waals surface area (Å²) in [5.74, 6) is 0.825. The number of para-hydroxylation sites is 2. The van der Waals surface area contributed by atoms with Gasteiger partial charge in [-0.25, -0.2) is 4.98 Å². The van der Waals surface area contributed by atoms with E-state index in [1.807, 2.05) is 30.3 Å². The monoisotopic (exact) mass is 329 g/mol. The topological polar surface area (TPSA) is 82.0 Å². The normalized spacial score (nSPS) is 10.7. The molecule has 0 radical (unpaired) electrons. The Morgan fingerprint density at radius 1 is 0.720 bits per heavy atom. The molecule has 0 aliphatic rings. The number of benzene rings is 2. The SMILES string of the molecule is Oc1ccccc1-c1nc(-c2ccccn2)[nH]c1-c1ccccc1O. The number of H-pyrrole nitrogens is 1. The zero-order valence-corrected chi connectivity index (χ0v) is 13.2. The molecule has 2 aromatic heterocycles. The average Bonchev–Trinajstić information content (AvgIpc) is 3.08. The first-order valence-corrected chi connectivity index (χ1v) is 7.82. The molecule has 4 aromatic rings. The molecule has 5 nitrogen and oxygen atoms in total. The Balaban J connectivity index is 1.97. The van der Waals surface area contributed by atoms with Crippen molar-refractivity contribution in [2.45, 2.75) is 0 Å². The molecular weight excluding hydrogens is 314 g/mol. The van der Waals surface area contributed by atoms with E-state index in [4.69, 9.17) is 0 Å². The molecule has 0 atom stereocenters. The van der Waals surface area contributed by atoms with Crippen LogP contribution in [0, 0.1) is 0 Å². The minimum absolute atomic E-state index is 0.123. The number of aromatic amines is 1. The van der Waals surface area contributed by atoms with Crippen LogP contribution >= 0.6 is 0 Å². The lowest BCUT2D eigenvalue weighted by Crippen LogP contribution is -1.85. The van der Waals surface area contributed by atoms with Crippen molar-refractivity contribution >= 4 is 0 Å². The minimum atomic E-state index is 0.123. The first-order chi connectivity index (χ1) is 12.2. The smallest absolute Gasteiger partial charge is 0.157 e. The summed E-state index contributed by atoms with van der Waals surface area (Å²) in [7, 11) is 0. The number of nitrogens with zero attached hydrogens (tertiary/aromatic N) is 2. The number of hydrogen-bond donors (Lipinski definition) is 3. The molecule has 3 N–H and O–H groups in total. The van der Waals surface area contributed by atoms with Gasteiger partial charge in [0.1, 0.15) is 22.9 Å². The van der Waals surface area contributed by atoms with Gasteiger partial charge in [-0.15, -0.1) is 0 Å². The van der Waals surface area contributed by atoms with Crippen molar-refractivity contribution < 1.29 is 10.2 Å². The van der Waals surface area contributed by atoms with Gasteiger partial charge in [-0.2, -0.15) is 0 Å². The van der Waals surface area contributed by atoms with Gasteiger partial charge in [-0.3, -0.25) is 4.98 Å². The predicted octanol–water partition coefficient (Wildman–Crippen LogP) is 4.22. The third kappa shape index (κ3) is 2.72. The van der Waals surface area contributed by atoms with E-state index in [0.29, 0.717) is 34.0 Å². The van der Waals surface area contributed by atoms with Crippen LogP contribution in [0.25, 0.3) is 34.0 Å². The molecule has 0 amide bonds. The van der Waals surface area contributed by atoms with E-state index in [1.54, 1.807) is 42.6 Å². The molecule has 0 unspecified atom stereocenters. The van der Waals surface area contributed by atoms with Gasteiger partial charge in [0, 0.05) is 17.3 Å². The minimum Gasteiger partial charge on any atom is -0.507 e. The van der Waals surface area contributed by atoms with E-state index in [9.17, 15) is 10.2 Å². The molecule has 0 fully saturated rings. The Morgan fingerprint density at radius 2 is 1.36 bits per heavy atom. The molecule has 0 aliphatic carbocycles. The molecule has 0 spiro atoms. The number of phenols is 2.